The Morgan fingerprint density at radius 2 is 1.76 bits per heavy atom. The topological polar surface area (TPSA) is 87.2 Å². The number of urea groups is 1. The molecule has 0 saturated heterocycles. The van der Waals surface area contributed by atoms with Crippen LogP contribution in [0.15, 0.2) is 0 Å². The Kier molecular flexibility index (Phi) is 8.42. The van der Waals surface area contributed by atoms with Crippen molar-refractivity contribution in [3.63, 3.8) is 0 Å². The van der Waals surface area contributed by atoms with E-state index in [9.17, 15) is 14.4 Å². The molecular formula is C14H26N2O5. The summed E-state index contributed by atoms with van der Waals surface area (Å²) in [6, 6.07) is -0.256. The molecule has 1 unspecified atom stereocenters. The largest absolute Gasteiger partial charge is 0.481 e. The Morgan fingerprint density at radius 1 is 1.19 bits per heavy atom. The Balaban J connectivity index is 4.58. The number of hydrogen-bond acceptors (Lipinski definition) is 4. The van der Waals surface area contributed by atoms with Gasteiger partial charge >= 0.3 is 18.0 Å². The first-order chi connectivity index (χ1) is 9.70. The van der Waals surface area contributed by atoms with Crippen molar-refractivity contribution >= 4 is 18.0 Å². The molecule has 0 aliphatic heterocycles. The van der Waals surface area contributed by atoms with E-state index in [4.69, 9.17) is 5.11 Å². The quantitative estimate of drug-likeness (QED) is 0.685. The van der Waals surface area contributed by atoms with Gasteiger partial charge in [0.2, 0.25) is 0 Å². The molecule has 1 N–H and O–H groups in total. The predicted molar refractivity (Wildman–Crippen MR) is 77.9 cm³/mol. The molecule has 0 saturated carbocycles. The molecule has 0 rings (SSSR count). The number of hydrogen-bond donors (Lipinski definition) is 1. The summed E-state index contributed by atoms with van der Waals surface area (Å²) < 4.78 is 4.64. The Bertz CT molecular complexity index is 370. The zero-order chi connectivity index (χ0) is 16.6. The summed E-state index contributed by atoms with van der Waals surface area (Å²) in [5.74, 6) is -1.65. The number of aliphatic carboxylic acids is 1. The number of ether oxygens (including phenoxy) is 1. The highest BCUT2D eigenvalue weighted by molar-refractivity contribution is 5.76. The first kappa shape index (κ1) is 19.2. The monoisotopic (exact) mass is 302 g/mol. The maximum absolute atomic E-state index is 12.4. The van der Waals surface area contributed by atoms with Crippen molar-refractivity contribution in [1.82, 2.24) is 9.80 Å². The Morgan fingerprint density at radius 3 is 2.19 bits per heavy atom. The van der Waals surface area contributed by atoms with E-state index in [1.165, 1.54) is 12.0 Å². The summed E-state index contributed by atoms with van der Waals surface area (Å²) in [4.78, 5) is 37.3. The van der Waals surface area contributed by atoms with E-state index < -0.39 is 11.9 Å². The molecular weight excluding hydrogens is 276 g/mol. The van der Waals surface area contributed by atoms with E-state index in [1.54, 1.807) is 18.9 Å². The summed E-state index contributed by atoms with van der Waals surface area (Å²) in [6.07, 6.45) is 0.429. The molecule has 21 heavy (non-hydrogen) atoms. The SMILES string of the molecule is COC(=O)C(C)CN(C)C(=O)N(CCCC(=O)O)C(C)C. The fourth-order valence-electron chi connectivity index (χ4n) is 1.96. The van der Waals surface area contributed by atoms with Crippen molar-refractivity contribution in [3.05, 3.63) is 0 Å². The summed E-state index contributed by atoms with van der Waals surface area (Å²) in [5.41, 5.74) is 0. The predicted octanol–water partition coefficient (Wildman–Crippen LogP) is 1.42. The third-order valence-electron chi connectivity index (χ3n) is 3.14. The van der Waals surface area contributed by atoms with Crippen LogP contribution in [0.2, 0.25) is 0 Å². The average Bonchev–Trinajstić information content (AvgIpc) is 2.40. The van der Waals surface area contributed by atoms with Crippen molar-refractivity contribution < 1.29 is 24.2 Å². The second-order valence-corrected chi connectivity index (χ2v) is 5.37. The number of methoxy groups -OCH3 is 1. The Hall–Kier alpha value is -1.79. The minimum absolute atomic E-state index is 0.0266. The van der Waals surface area contributed by atoms with Crippen molar-refractivity contribution in [1.29, 1.82) is 0 Å². The molecule has 2 amide bonds. The minimum atomic E-state index is -0.876. The molecule has 0 fully saturated rings. The van der Waals surface area contributed by atoms with Crippen LogP contribution in [0.1, 0.15) is 33.6 Å². The lowest BCUT2D eigenvalue weighted by Crippen LogP contribution is -2.47. The van der Waals surface area contributed by atoms with Gasteiger partial charge in [0, 0.05) is 32.6 Å². The number of esters is 1. The van der Waals surface area contributed by atoms with Gasteiger partial charge in [-0.1, -0.05) is 6.92 Å². The average molecular weight is 302 g/mol. The summed E-state index contributed by atoms with van der Waals surface area (Å²) in [6.45, 7) is 6.07. The third kappa shape index (κ3) is 6.97. The highest BCUT2D eigenvalue weighted by Crippen LogP contribution is 2.09. The van der Waals surface area contributed by atoms with E-state index in [1.807, 2.05) is 13.8 Å². The zero-order valence-corrected chi connectivity index (χ0v) is 13.5. The molecule has 0 aromatic rings. The standard InChI is InChI=1S/C14H26N2O5/c1-10(2)16(8-6-7-12(17)18)14(20)15(4)9-11(3)13(19)21-5/h10-11H,6-9H2,1-5H3,(H,17,18). The molecule has 0 aromatic heterocycles. The number of carbonyl (C=O) groups excluding carboxylic acids is 2. The van der Waals surface area contributed by atoms with Crippen LogP contribution in [0.5, 0.6) is 0 Å². The maximum atomic E-state index is 12.4. The van der Waals surface area contributed by atoms with Crippen LogP contribution in [-0.4, -0.2) is 66.2 Å². The van der Waals surface area contributed by atoms with Crippen LogP contribution in [0.3, 0.4) is 0 Å². The number of carbonyl (C=O) groups is 3. The second-order valence-electron chi connectivity index (χ2n) is 5.37. The molecule has 1 atom stereocenters. The van der Waals surface area contributed by atoms with Gasteiger partial charge in [0.25, 0.3) is 0 Å². The highest BCUT2D eigenvalue weighted by Gasteiger charge is 2.24. The molecule has 122 valence electrons. The lowest BCUT2D eigenvalue weighted by molar-refractivity contribution is -0.145. The fraction of sp³-hybridized carbons (Fsp3) is 0.786. The summed E-state index contributed by atoms with van der Waals surface area (Å²) >= 11 is 0. The molecule has 0 aromatic carbocycles. The van der Waals surface area contributed by atoms with Crippen molar-refractivity contribution in [2.45, 2.75) is 39.7 Å². The maximum Gasteiger partial charge on any atom is 0.319 e. The van der Waals surface area contributed by atoms with Crippen molar-refractivity contribution in [3.8, 4) is 0 Å². The summed E-state index contributed by atoms with van der Waals surface area (Å²) in [7, 11) is 2.93. The van der Waals surface area contributed by atoms with E-state index in [2.05, 4.69) is 4.74 Å². The van der Waals surface area contributed by atoms with Crippen LogP contribution < -0.4 is 0 Å². The van der Waals surface area contributed by atoms with Gasteiger partial charge in [-0.25, -0.2) is 4.79 Å². The molecule has 0 radical (unpaired) electrons. The number of nitrogens with zero attached hydrogens (tertiary/aromatic N) is 2. The molecule has 7 nitrogen and oxygen atoms in total. The lowest BCUT2D eigenvalue weighted by atomic mass is 10.2. The van der Waals surface area contributed by atoms with Gasteiger partial charge in [-0.05, 0) is 20.3 Å². The number of rotatable bonds is 8. The molecule has 0 spiro atoms. The van der Waals surface area contributed by atoms with Crippen LogP contribution in [0, 0.1) is 5.92 Å². The summed E-state index contributed by atoms with van der Waals surface area (Å²) in [5, 5.41) is 8.65. The van der Waals surface area contributed by atoms with E-state index in [-0.39, 0.29) is 31.0 Å². The Labute approximate surface area is 125 Å². The molecule has 0 aliphatic carbocycles. The van der Waals surface area contributed by atoms with Gasteiger partial charge in [-0.3, -0.25) is 9.59 Å². The van der Waals surface area contributed by atoms with Crippen LogP contribution in [0.25, 0.3) is 0 Å². The van der Waals surface area contributed by atoms with Crippen LogP contribution in [0.4, 0.5) is 4.79 Å². The molecule has 0 heterocycles. The van der Waals surface area contributed by atoms with E-state index in [0.29, 0.717) is 13.0 Å². The van der Waals surface area contributed by atoms with E-state index >= 15 is 0 Å². The van der Waals surface area contributed by atoms with E-state index in [0.717, 1.165) is 0 Å². The number of carboxylic acid groups (broad SMARTS) is 1. The normalized spacial score (nSPS) is 11.9. The van der Waals surface area contributed by atoms with Crippen molar-refractivity contribution in [2.75, 3.05) is 27.2 Å². The third-order valence-corrected chi connectivity index (χ3v) is 3.14. The second kappa shape index (κ2) is 9.20. The van der Waals surface area contributed by atoms with Crippen LogP contribution >= 0.6 is 0 Å². The molecule has 0 aliphatic rings. The van der Waals surface area contributed by atoms with Gasteiger partial charge in [0.1, 0.15) is 0 Å². The van der Waals surface area contributed by atoms with Gasteiger partial charge in [-0.15, -0.1) is 0 Å². The molecule has 0 bridgehead atoms. The van der Waals surface area contributed by atoms with Gasteiger partial charge in [0.15, 0.2) is 0 Å². The molecule has 7 heteroatoms. The highest BCUT2D eigenvalue weighted by atomic mass is 16.5. The first-order valence-corrected chi connectivity index (χ1v) is 7.02. The number of carboxylic acids is 1. The zero-order valence-electron chi connectivity index (χ0n) is 13.5. The van der Waals surface area contributed by atoms with Gasteiger partial charge in [-0.2, -0.15) is 0 Å². The fourth-order valence-corrected chi connectivity index (χ4v) is 1.96. The van der Waals surface area contributed by atoms with Gasteiger partial charge < -0.3 is 19.6 Å². The lowest BCUT2D eigenvalue weighted by Gasteiger charge is -2.32. The minimum Gasteiger partial charge on any atom is -0.481 e. The van der Waals surface area contributed by atoms with Crippen molar-refractivity contribution in [2.24, 2.45) is 5.92 Å². The van der Waals surface area contributed by atoms with Crippen LogP contribution in [-0.2, 0) is 14.3 Å². The smallest absolute Gasteiger partial charge is 0.319 e. The van der Waals surface area contributed by atoms with Gasteiger partial charge in [0.05, 0.1) is 13.0 Å². The number of amides is 2. The first-order valence-electron chi connectivity index (χ1n) is 7.02.